The number of halogens is 4. The minimum absolute atomic E-state index is 0.0325. The Labute approximate surface area is 377 Å². The van der Waals surface area contributed by atoms with Gasteiger partial charge in [0.25, 0.3) is 5.91 Å². The summed E-state index contributed by atoms with van der Waals surface area (Å²) < 4.78 is 34.4. The number of fused-ring (bicyclic) bond motifs is 2. The van der Waals surface area contributed by atoms with Crippen LogP contribution in [0, 0.1) is 11.6 Å². The number of benzene rings is 1. The molecular formula is C45H46Cl2F2N12O3. The van der Waals surface area contributed by atoms with Crippen molar-refractivity contribution >= 4 is 68.7 Å². The third-order valence-corrected chi connectivity index (χ3v) is 11.9. The van der Waals surface area contributed by atoms with Crippen molar-refractivity contribution in [1.82, 2.24) is 49.7 Å². The van der Waals surface area contributed by atoms with Crippen molar-refractivity contribution in [2.24, 2.45) is 0 Å². The van der Waals surface area contributed by atoms with E-state index in [0.717, 1.165) is 68.2 Å². The van der Waals surface area contributed by atoms with Crippen LogP contribution >= 0.6 is 23.2 Å². The monoisotopic (exact) mass is 910 g/mol. The van der Waals surface area contributed by atoms with Crippen molar-refractivity contribution in [1.29, 1.82) is 0 Å². The Bertz CT molecular complexity index is 2790. The number of carbonyl (C=O) groups excluding carboxylic acids is 2. The molecule has 64 heavy (non-hydrogen) atoms. The number of likely N-dealkylation sites (tertiary alicyclic amines) is 2. The van der Waals surface area contributed by atoms with Crippen LogP contribution in [-0.2, 0) is 4.79 Å². The van der Waals surface area contributed by atoms with Crippen molar-refractivity contribution in [2.45, 2.75) is 64.0 Å². The molecule has 4 N–H and O–H groups in total. The molecule has 0 bridgehead atoms. The predicted molar refractivity (Wildman–Crippen MR) is 242 cm³/mol. The van der Waals surface area contributed by atoms with E-state index in [1.54, 1.807) is 56.2 Å². The van der Waals surface area contributed by atoms with Gasteiger partial charge in [0.05, 0.1) is 35.1 Å². The topological polar surface area (TPSA) is 183 Å². The van der Waals surface area contributed by atoms with E-state index in [0.29, 0.717) is 81.5 Å². The van der Waals surface area contributed by atoms with E-state index in [1.807, 2.05) is 28.9 Å². The summed E-state index contributed by atoms with van der Waals surface area (Å²) in [5.41, 5.74) is 3.17. The fraction of sp³-hybridized carbons (Fsp3) is 0.333. The van der Waals surface area contributed by atoms with Crippen LogP contribution in [0.5, 0.6) is 5.75 Å². The minimum atomic E-state index is -0.567. The summed E-state index contributed by atoms with van der Waals surface area (Å²) in [6.07, 6.45) is 15.0. The summed E-state index contributed by atoms with van der Waals surface area (Å²) in [5, 5.41) is 8.68. The molecule has 2 saturated heterocycles. The first-order chi connectivity index (χ1) is 31.1. The molecule has 0 spiro atoms. The molecule has 19 heteroatoms. The van der Waals surface area contributed by atoms with Gasteiger partial charge in [-0.15, -0.1) is 0 Å². The molecule has 2 aliphatic rings. The highest BCUT2D eigenvalue weighted by Crippen LogP contribution is 2.31. The van der Waals surface area contributed by atoms with E-state index >= 15 is 0 Å². The van der Waals surface area contributed by atoms with Gasteiger partial charge in [-0.25, -0.2) is 38.7 Å². The third-order valence-electron chi connectivity index (χ3n) is 11.5. The Hall–Kier alpha value is -6.46. The number of piperidine rings is 2. The molecule has 2 aliphatic heterocycles. The van der Waals surface area contributed by atoms with Crippen LogP contribution in [-0.4, -0.2) is 107 Å². The van der Waals surface area contributed by atoms with E-state index in [2.05, 4.69) is 50.5 Å². The Morgan fingerprint density at radius 2 is 1.27 bits per heavy atom. The van der Waals surface area contributed by atoms with Crippen molar-refractivity contribution in [3.63, 3.8) is 0 Å². The van der Waals surface area contributed by atoms with E-state index in [-0.39, 0.29) is 35.5 Å². The number of pyridine rings is 2. The summed E-state index contributed by atoms with van der Waals surface area (Å²) in [5.74, 6) is 0.378. The molecule has 15 nitrogen and oxygen atoms in total. The molecule has 8 heterocycles. The second kappa shape index (κ2) is 19.9. The van der Waals surface area contributed by atoms with Crippen LogP contribution in [0.25, 0.3) is 44.8 Å². The lowest BCUT2D eigenvalue weighted by Gasteiger charge is -2.36. The van der Waals surface area contributed by atoms with E-state index < -0.39 is 11.6 Å². The summed E-state index contributed by atoms with van der Waals surface area (Å²) in [7, 11) is 1.55. The number of rotatable bonds is 11. The second-order valence-electron chi connectivity index (χ2n) is 15.5. The van der Waals surface area contributed by atoms with Crippen molar-refractivity contribution in [3.8, 4) is 28.5 Å². The van der Waals surface area contributed by atoms with Gasteiger partial charge < -0.3 is 35.1 Å². The number of H-pyrrole nitrogens is 2. The van der Waals surface area contributed by atoms with Crippen LogP contribution in [0.15, 0.2) is 73.6 Å². The number of para-hydroxylation sites is 1. The molecule has 0 radical (unpaired) electrons. The molecule has 0 saturated carbocycles. The third kappa shape index (κ3) is 9.70. The lowest BCUT2D eigenvalue weighted by molar-refractivity contribution is -0.134. The maximum atomic E-state index is 14.6. The largest absolute Gasteiger partial charge is 0.496 e. The number of anilines is 2. The summed E-state index contributed by atoms with van der Waals surface area (Å²) in [6.45, 7) is 4.04. The molecule has 2 amide bonds. The summed E-state index contributed by atoms with van der Waals surface area (Å²) >= 11 is 12.2. The Morgan fingerprint density at radius 3 is 1.80 bits per heavy atom. The quantitative estimate of drug-likeness (QED) is 0.0972. The summed E-state index contributed by atoms with van der Waals surface area (Å²) in [6, 6.07) is 10.6. The van der Waals surface area contributed by atoms with Crippen molar-refractivity contribution < 1.29 is 23.1 Å². The number of nitrogens with zero attached hydrogens (tertiary/aromatic N) is 8. The van der Waals surface area contributed by atoms with Gasteiger partial charge in [-0.3, -0.25) is 9.59 Å². The maximum Gasteiger partial charge on any atom is 0.257 e. The number of hydrogen-bond acceptors (Lipinski definition) is 11. The standard InChI is InChI=1S/C25H24ClFN6O2.C20H22ClFN6O/c1-35-21-8-3-2-7-17(21)25(34)33-9-5-4-6-16(33)12-29-24-20(27)14-31-23(32-24)19-13-30-22-18(19)10-15(26)11-28-22;1-2-17(29)28-6-4-3-5-13(28)9-24-20-16(22)11-26-19(27-20)15-10-25-18-14(15)7-12(21)8-23-18/h2-3,7-8,10-11,13-14,16H,4-6,9,12H2,1H3,(H,28,30)(H,29,31,32);7-8,10-11,13H,2-6,9H2,1H3,(H,23,25)(H,24,26,27)/t16-;13-/m11/s1. The SMILES string of the molecule is CCC(=O)N1CCCC[C@@H]1CNc1nc(-c2c[nH]c3ncc(Cl)cc23)ncc1F.COc1ccccc1C(=O)N1CCCC[C@@H]1CNc1nc(-c2c[nH]c3ncc(Cl)cc23)ncc1F. The van der Waals surface area contributed by atoms with Gasteiger partial charge in [0.1, 0.15) is 17.0 Å². The van der Waals surface area contributed by atoms with Gasteiger partial charge >= 0.3 is 0 Å². The lowest BCUT2D eigenvalue weighted by Crippen LogP contribution is -2.47. The van der Waals surface area contributed by atoms with E-state index in [1.165, 1.54) is 0 Å². The molecule has 7 aromatic rings. The Morgan fingerprint density at radius 1 is 0.750 bits per heavy atom. The molecule has 2 fully saturated rings. The Kier molecular flexibility index (Phi) is 13.8. The zero-order valence-corrected chi connectivity index (χ0v) is 36.7. The van der Waals surface area contributed by atoms with Gasteiger partial charge in [-0.1, -0.05) is 42.3 Å². The summed E-state index contributed by atoms with van der Waals surface area (Å²) in [4.78, 5) is 60.9. The highest BCUT2D eigenvalue weighted by molar-refractivity contribution is 6.31. The molecule has 0 aliphatic carbocycles. The highest BCUT2D eigenvalue weighted by atomic mass is 35.5. The first-order valence-electron chi connectivity index (χ1n) is 21.1. The molecule has 0 unspecified atom stereocenters. The van der Waals surface area contributed by atoms with E-state index in [9.17, 15) is 18.4 Å². The first kappa shape index (κ1) is 44.2. The smallest absolute Gasteiger partial charge is 0.257 e. The van der Waals surface area contributed by atoms with Gasteiger partial charge in [-0.2, -0.15) is 0 Å². The molecule has 6 aromatic heterocycles. The lowest BCUT2D eigenvalue weighted by atomic mass is 10.0. The van der Waals surface area contributed by atoms with Crippen LogP contribution in [0.1, 0.15) is 62.2 Å². The maximum absolute atomic E-state index is 14.6. The number of methoxy groups -OCH3 is 1. The normalized spacial score (nSPS) is 16.3. The first-order valence-corrected chi connectivity index (χ1v) is 21.9. The molecule has 2 atom stereocenters. The molecule has 9 rings (SSSR count). The second-order valence-corrected chi connectivity index (χ2v) is 16.4. The highest BCUT2D eigenvalue weighted by Gasteiger charge is 2.30. The zero-order chi connectivity index (χ0) is 44.7. The number of hydrogen-bond donors (Lipinski definition) is 4. The van der Waals surface area contributed by atoms with Crippen LogP contribution in [0.2, 0.25) is 10.0 Å². The van der Waals surface area contributed by atoms with Crippen molar-refractivity contribution in [2.75, 3.05) is 43.9 Å². The fourth-order valence-electron chi connectivity index (χ4n) is 8.20. The van der Waals surface area contributed by atoms with Crippen LogP contribution in [0.4, 0.5) is 20.4 Å². The number of ether oxygens (including phenoxy) is 1. The Balaban J connectivity index is 0.000000178. The number of carbonyl (C=O) groups is 2. The molecular weight excluding hydrogens is 865 g/mol. The number of aromatic amines is 2. The number of amides is 2. The average molecular weight is 912 g/mol. The average Bonchev–Trinajstić information content (AvgIpc) is 3.95. The fourth-order valence-corrected chi connectivity index (χ4v) is 8.51. The number of aromatic nitrogens is 8. The predicted octanol–water partition coefficient (Wildman–Crippen LogP) is 8.94. The van der Waals surface area contributed by atoms with Gasteiger partial charge in [0.2, 0.25) is 5.91 Å². The van der Waals surface area contributed by atoms with Gasteiger partial charge in [-0.05, 0) is 62.8 Å². The molecule has 1 aromatic carbocycles. The van der Waals surface area contributed by atoms with E-state index in [4.69, 9.17) is 27.9 Å². The minimum Gasteiger partial charge on any atom is -0.496 e. The van der Waals surface area contributed by atoms with Crippen LogP contribution < -0.4 is 15.4 Å². The van der Waals surface area contributed by atoms with Crippen LogP contribution in [0.3, 0.4) is 0 Å². The number of nitrogens with one attached hydrogen (secondary N) is 4. The van der Waals surface area contributed by atoms with Gasteiger partial charge in [0, 0.05) is 91.4 Å². The molecule has 332 valence electrons. The van der Waals surface area contributed by atoms with Gasteiger partial charge in [0.15, 0.2) is 34.9 Å². The van der Waals surface area contributed by atoms with Crippen molar-refractivity contribution in [3.05, 3.63) is 101 Å². The zero-order valence-electron chi connectivity index (χ0n) is 35.2.